The third-order valence-electron chi connectivity index (χ3n) is 3.32. The summed E-state index contributed by atoms with van der Waals surface area (Å²) in [7, 11) is 0. The molecule has 0 saturated heterocycles. The first-order chi connectivity index (χ1) is 10.5. The molecule has 0 aliphatic heterocycles. The average Bonchev–Trinajstić information content (AvgIpc) is 2.85. The fourth-order valence-electron chi connectivity index (χ4n) is 2.30. The fourth-order valence-corrected chi connectivity index (χ4v) is 2.94. The number of furan rings is 1. The highest BCUT2D eigenvalue weighted by atomic mass is 79.9. The number of aliphatic hydroxyl groups excluding tert-OH is 1. The van der Waals surface area contributed by atoms with Gasteiger partial charge in [0.25, 0.3) is 0 Å². The number of anilines is 1. The van der Waals surface area contributed by atoms with E-state index in [2.05, 4.69) is 21.2 Å². The van der Waals surface area contributed by atoms with Crippen molar-refractivity contribution in [2.45, 2.75) is 13.2 Å². The Hall–Kier alpha value is -1.56. The Morgan fingerprint density at radius 3 is 2.82 bits per heavy atom. The highest BCUT2D eigenvalue weighted by Crippen LogP contribution is 2.34. The monoisotopic (exact) mass is 383 g/mol. The molecule has 1 heterocycles. The SMILES string of the molecule is Cc1cc2c(Br)ccc(C(O)Nc3c(F)cccc3Cl)c2o1. The van der Waals surface area contributed by atoms with E-state index in [1.165, 1.54) is 12.1 Å². The Kier molecular flexibility index (Phi) is 4.12. The first-order valence-electron chi connectivity index (χ1n) is 6.54. The van der Waals surface area contributed by atoms with Crippen molar-refractivity contribution in [2.24, 2.45) is 0 Å². The van der Waals surface area contributed by atoms with Crippen molar-refractivity contribution >= 4 is 44.2 Å². The number of fused-ring (bicyclic) bond motifs is 1. The van der Waals surface area contributed by atoms with E-state index in [0.29, 0.717) is 11.1 Å². The minimum Gasteiger partial charge on any atom is -0.461 e. The highest BCUT2D eigenvalue weighted by Gasteiger charge is 2.18. The lowest BCUT2D eigenvalue weighted by atomic mass is 10.1. The molecule has 3 nitrogen and oxygen atoms in total. The van der Waals surface area contributed by atoms with Crippen LogP contribution in [0.2, 0.25) is 5.02 Å². The molecule has 0 radical (unpaired) electrons. The average molecular weight is 385 g/mol. The molecule has 0 spiro atoms. The summed E-state index contributed by atoms with van der Waals surface area (Å²) in [6, 6.07) is 9.71. The molecule has 3 aromatic rings. The van der Waals surface area contributed by atoms with E-state index in [1.54, 1.807) is 18.2 Å². The van der Waals surface area contributed by atoms with Crippen molar-refractivity contribution in [3.05, 3.63) is 63.0 Å². The predicted molar refractivity (Wildman–Crippen MR) is 88.6 cm³/mol. The van der Waals surface area contributed by atoms with E-state index >= 15 is 0 Å². The molecule has 2 aromatic carbocycles. The van der Waals surface area contributed by atoms with Crippen LogP contribution in [0.15, 0.2) is 45.3 Å². The van der Waals surface area contributed by atoms with Crippen LogP contribution in [0.4, 0.5) is 10.1 Å². The van der Waals surface area contributed by atoms with Crippen molar-refractivity contribution in [1.29, 1.82) is 0 Å². The topological polar surface area (TPSA) is 45.4 Å². The molecule has 22 heavy (non-hydrogen) atoms. The van der Waals surface area contributed by atoms with E-state index in [-0.39, 0.29) is 10.7 Å². The van der Waals surface area contributed by atoms with Crippen molar-refractivity contribution in [2.75, 3.05) is 5.32 Å². The maximum atomic E-state index is 13.8. The highest BCUT2D eigenvalue weighted by molar-refractivity contribution is 9.10. The quantitative estimate of drug-likeness (QED) is 0.594. The van der Waals surface area contributed by atoms with Gasteiger partial charge < -0.3 is 14.8 Å². The lowest BCUT2D eigenvalue weighted by molar-refractivity contribution is 0.207. The van der Waals surface area contributed by atoms with E-state index in [9.17, 15) is 9.50 Å². The molecule has 0 amide bonds. The van der Waals surface area contributed by atoms with Crippen molar-refractivity contribution in [3.8, 4) is 0 Å². The molecular weight excluding hydrogens is 373 g/mol. The summed E-state index contributed by atoms with van der Waals surface area (Å²) < 4.78 is 20.3. The number of aryl methyl sites for hydroxylation is 1. The van der Waals surface area contributed by atoms with E-state index in [1.807, 2.05) is 13.0 Å². The number of aliphatic hydroxyl groups is 1. The third kappa shape index (κ3) is 2.72. The number of hydrogen-bond acceptors (Lipinski definition) is 3. The summed E-state index contributed by atoms with van der Waals surface area (Å²) in [5.74, 6) is 0.190. The second-order valence-electron chi connectivity index (χ2n) is 4.88. The molecule has 1 aromatic heterocycles. The zero-order valence-electron chi connectivity index (χ0n) is 11.5. The molecule has 6 heteroatoms. The predicted octanol–water partition coefficient (Wildman–Crippen LogP) is 5.40. The van der Waals surface area contributed by atoms with Gasteiger partial charge in [0.15, 0.2) is 6.23 Å². The minimum absolute atomic E-state index is 0.0519. The summed E-state index contributed by atoms with van der Waals surface area (Å²) in [5.41, 5.74) is 1.10. The molecule has 3 rings (SSSR count). The summed E-state index contributed by atoms with van der Waals surface area (Å²) in [6.07, 6.45) is -1.16. The lowest BCUT2D eigenvalue weighted by Crippen LogP contribution is -2.11. The van der Waals surface area contributed by atoms with Crippen LogP contribution in [0.3, 0.4) is 0 Å². The van der Waals surface area contributed by atoms with Crippen LogP contribution in [-0.4, -0.2) is 5.11 Å². The third-order valence-corrected chi connectivity index (χ3v) is 4.33. The van der Waals surface area contributed by atoms with Crippen molar-refractivity contribution < 1.29 is 13.9 Å². The zero-order chi connectivity index (χ0) is 15.9. The first-order valence-corrected chi connectivity index (χ1v) is 7.71. The first kappa shape index (κ1) is 15.3. The van der Waals surface area contributed by atoms with Gasteiger partial charge in [-0.1, -0.05) is 33.6 Å². The summed E-state index contributed by atoms with van der Waals surface area (Å²) in [4.78, 5) is 0. The maximum Gasteiger partial charge on any atom is 0.154 e. The molecule has 2 N–H and O–H groups in total. The van der Waals surface area contributed by atoms with Crippen molar-refractivity contribution in [1.82, 2.24) is 0 Å². The summed E-state index contributed by atoms with van der Waals surface area (Å²) >= 11 is 9.40. The molecule has 1 atom stereocenters. The summed E-state index contributed by atoms with van der Waals surface area (Å²) in [6.45, 7) is 1.82. The van der Waals surface area contributed by atoms with Gasteiger partial charge in [-0.05, 0) is 37.3 Å². The van der Waals surface area contributed by atoms with E-state index in [0.717, 1.165) is 15.6 Å². The van der Waals surface area contributed by atoms with Gasteiger partial charge in [-0.2, -0.15) is 0 Å². The second kappa shape index (κ2) is 5.91. The van der Waals surface area contributed by atoms with Gasteiger partial charge in [0.05, 0.1) is 10.7 Å². The number of nitrogens with one attached hydrogen (secondary N) is 1. The Morgan fingerprint density at radius 1 is 1.32 bits per heavy atom. The molecule has 0 saturated carbocycles. The summed E-state index contributed by atoms with van der Waals surface area (Å²) in [5, 5.41) is 14.1. The van der Waals surface area contributed by atoms with Crippen LogP contribution in [0.5, 0.6) is 0 Å². The van der Waals surface area contributed by atoms with Crippen LogP contribution in [0.25, 0.3) is 11.0 Å². The van der Waals surface area contributed by atoms with Gasteiger partial charge in [0.2, 0.25) is 0 Å². The molecule has 0 aliphatic carbocycles. The smallest absolute Gasteiger partial charge is 0.154 e. The Morgan fingerprint density at radius 2 is 2.09 bits per heavy atom. The standard InChI is InChI=1S/C16H12BrClFNO2/c1-8-7-10-11(17)6-5-9(15(10)22-8)16(21)20-14-12(18)3-2-4-13(14)19/h2-7,16,20-21H,1H3. The molecule has 0 bridgehead atoms. The van der Waals surface area contributed by atoms with E-state index < -0.39 is 12.0 Å². The fraction of sp³-hybridized carbons (Fsp3) is 0.125. The van der Waals surface area contributed by atoms with Crippen LogP contribution in [-0.2, 0) is 0 Å². The van der Waals surface area contributed by atoms with Crippen LogP contribution >= 0.6 is 27.5 Å². The zero-order valence-corrected chi connectivity index (χ0v) is 13.9. The van der Waals surface area contributed by atoms with Gasteiger partial charge in [0.1, 0.15) is 17.2 Å². The van der Waals surface area contributed by atoms with Gasteiger partial charge in [-0.15, -0.1) is 0 Å². The van der Waals surface area contributed by atoms with Gasteiger partial charge in [-0.3, -0.25) is 0 Å². The molecule has 1 unspecified atom stereocenters. The van der Waals surface area contributed by atoms with Crippen LogP contribution in [0.1, 0.15) is 17.6 Å². The van der Waals surface area contributed by atoms with Crippen LogP contribution in [0, 0.1) is 12.7 Å². The Labute approximate surface area is 139 Å². The molecule has 114 valence electrons. The molecule has 0 fully saturated rings. The number of rotatable bonds is 3. The number of halogens is 3. The number of benzene rings is 2. The largest absolute Gasteiger partial charge is 0.461 e. The van der Waals surface area contributed by atoms with Gasteiger partial charge in [0, 0.05) is 15.4 Å². The van der Waals surface area contributed by atoms with Gasteiger partial charge in [-0.25, -0.2) is 4.39 Å². The normalized spacial score (nSPS) is 12.6. The Bertz CT molecular complexity index is 829. The minimum atomic E-state index is -1.16. The van der Waals surface area contributed by atoms with Crippen molar-refractivity contribution in [3.63, 3.8) is 0 Å². The number of para-hydroxylation sites is 1. The van der Waals surface area contributed by atoms with Crippen LogP contribution < -0.4 is 5.32 Å². The lowest BCUT2D eigenvalue weighted by Gasteiger charge is -2.16. The molecular formula is C16H12BrClFNO2. The second-order valence-corrected chi connectivity index (χ2v) is 6.14. The maximum absolute atomic E-state index is 13.8. The molecule has 0 aliphatic rings. The van der Waals surface area contributed by atoms with Gasteiger partial charge >= 0.3 is 0 Å². The van der Waals surface area contributed by atoms with E-state index in [4.69, 9.17) is 16.0 Å². The number of hydrogen-bond donors (Lipinski definition) is 2. The Balaban J connectivity index is 2.03.